The van der Waals surface area contributed by atoms with Gasteiger partial charge in [0.1, 0.15) is 0 Å². The van der Waals surface area contributed by atoms with E-state index in [0.29, 0.717) is 0 Å². The minimum absolute atomic E-state index is 1.09. The van der Waals surface area contributed by atoms with Crippen molar-refractivity contribution in [2.45, 2.75) is 0 Å². The van der Waals surface area contributed by atoms with Crippen molar-refractivity contribution in [3.05, 3.63) is 255 Å². The lowest BCUT2D eigenvalue weighted by Gasteiger charge is -2.27. The van der Waals surface area contributed by atoms with Crippen LogP contribution in [-0.2, 0) is 0 Å². The first-order valence-electron chi connectivity index (χ1n) is 21.3. The van der Waals surface area contributed by atoms with Gasteiger partial charge in [-0.2, -0.15) is 0 Å². The van der Waals surface area contributed by atoms with Gasteiger partial charge in [-0.1, -0.05) is 188 Å². The minimum atomic E-state index is 1.09. The zero-order valence-electron chi connectivity index (χ0n) is 34.1. The molecular weight excluding hydrogens is 749 g/mol. The van der Waals surface area contributed by atoms with Crippen molar-refractivity contribution in [1.82, 2.24) is 4.57 Å². The van der Waals surface area contributed by atoms with Crippen LogP contribution in [0.25, 0.3) is 83.1 Å². The molecule has 0 bridgehead atoms. The minimum Gasteiger partial charge on any atom is -0.310 e. The zero-order valence-corrected chi connectivity index (χ0v) is 34.1. The van der Waals surface area contributed by atoms with Crippen LogP contribution in [0.1, 0.15) is 0 Å². The highest BCUT2D eigenvalue weighted by Gasteiger charge is 2.19. The second-order valence-electron chi connectivity index (χ2n) is 15.7. The van der Waals surface area contributed by atoms with Gasteiger partial charge < -0.3 is 9.47 Å². The lowest BCUT2D eigenvalue weighted by molar-refractivity contribution is 1.18. The normalized spacial score (nSPS) is 11.2. The van der Waals surface area contributed by atoms with E-state index in [0.717, 1.165) is 22.7 Å². The molecule has 11 aromatic rings. The topological polar surface area (TPSA) is 8.17 Å². The predicted octanol–water partition coefficient (Wildman–Crippen LogP) is 16.6. The molecule has 0 aliphatic carbocycles. The molecule has 0 amide bonds. The van der Waals surface area contributed by atoms with E-state index in [2.05, 4.69) is 264 Å². The Kier molecular flexibility index (Phi) is 9.57. The number of nitrogens with zero attached hydrogens (tertiary/aromatic N) is 2. The van der Waals surface area contributed by atoms with Crippen LogP contribution < -0.4 is 4.90 Å². The zero-order chi connectivity index (χ0) is 41.2. The van der Waals surface area contributed by atoms with E-state index < -0.39 is 0 Å². The molecule has 1 aromatic heterocycles. The van der Waals surface area contributed by atoms with Crippen LogP contribution in [0.15, 0.2) is 255 Å². The second-order valence-corrected chi connectivity index (χ2v) is 15.7. The lowest BCUT2D eigenvalue weighted by Crippen LogP contribution is -2.10. The predicted molar refractivity (Wildman–Crippen MR) is 263 cm³/mol. The molecule has 1 heterocycles. The lowest BCUT2D eigenvalue weighted by atomic mass is 9.93. The Morgan fingerprint density at radius 2 is 0.726 bits per heavy atom. The average Bonchev–Trinajstić information content (AvgIpc) is 3.70. The quantitative estimate of drug-likeness (QED) is 0.141. The summed E-state index contributed by atoms with van der Waals surface area (Å²) in [5, 5.41) is 2.52. The van der Waals surface area contributed by atoms with E-state index in [1.165, 1.54) is 77.4 Å². The third kappa shape index (κ3) is 6.84. The highest BCUT2D eigenvalue weighted by molar-refractivity contribution is 6.16. The van der Waals surface area contributed by atoms with Crippen LogP contribution >= 0.6 is 0 Å². The fourth-order valence-corrected chi connectivity index (χ4v) is 9.06. The summed E-state index contributed by atoms with van der Waals surface area (Å²) in [6, 6.07) is 92.0. The van der Waals surface area contributed by atoms with Gasteiger partial charge in [-0.05, 0) is 122 Å². The van der Waals surface area contributed by atoms with Crippen LogP contribution in [0, 0.1) is 0 Å². The molecule has 0 saturated heterocycles. The Hall–Kier alpha value is -8.20. The van der Waals surface area contributed by atoms with E-state index in [4.69, 9.17) is 0 Å². The average molecular weight is 791 g/mol. The molecule has 0 aliphatic rings. The number of benzene rings is 10. The van der Waals surface area contributed by atoms with Gasteiger partial charge in [-0.25, -0.2) is 0 Å². The van der Waals surface area contributed by atoms with Crippen molar-refractivity contribution in [2.24, 2.45) is 0 Å². The van der Waals surface area contributed by atoms with Crippen molar-refractivity contribution >= 4 is 38.9 Å². The first-order chi connectivity index (χ1) is 30.8. The summed E-state index contributed by atoms with van der Waals surface area (Å²) in [5.41, 5.74) is 18.8. The number of fused-ring (bicyclic) bond motifs is 3. The number of hydrogen-bond donors (Lipinski definition) is 0. The molecule has 2 nitrogen and oxygen atoms in total. The summed E-state index contributed by atoms with van der Waals surface area (Å²) in [4.78, 5) is 2.37. The van der Waals surface area contributed by atoms with Crippen LogP contribution in [0.3, 0.4) is 0 Å². The van der Waals surface area contributed by atoms with Crippen LogP contribution in [0.4, 0.5) is 17.1 Å². The molecule has 0 radical (unpaired) electrons. The maximum absolute atomic E-state index is 2.38. The molecule has 0 spiro atoms. The molecule has 292 valence electrons. The standard InChI is InChI=1S/C60H42N2/c1-5-17-43(18-6-1)44-31-35-51(36-32-44)61(53-39-40-54(46-19-7-2-8-20-46)57(42-53)47-21-9-3-10-22-47)52-37-33-45(34-38-52)48-23-15-24-49(41-48)55-28-16-30-59-60(55)56-27-13-14-29-58(56)62(59)50-25-11-4-12-26-50/h1-42H. The van der Waals surface area contributed by atoms with Gasteiger partial charge in [0.05, 0.1) is 11.0 Å². The molecule has 11 rings (SSSR count). The second kappa shape index (κ2) is 16.1. The summed E-state index contributed by atoms with van der Waals surface area (Å²) in [7, 11) is 0. The molecule has 0 N–H and O–H groups in total. The van der Waals surface area contributed by atoms with Gasteiger partial charge in [0.15, 0.2) is 0 Å². The van der Waals surface area contributed by atoms with Gasteiger partial charge >= 0.3 is 0 Å². The van der Waals surface area contributed by atoms with E-state index in [-0.39, 0.29) is 0 Å². The summed E-state index contributed by atoms with van der Waals surface area (Å²) in [6.45, 7) is 0. The number of aromatic nitrogens is 1. The molecule has 0 saturated carbocycles. The van der Waals surface area contributed by atoms with Crippen LogP contribution in [0.5, 0.6) is 0 Å². The molecule has 0 atom stereocenters. The molecule has 0 unspecified atom stereocenters. The van der Waals surface area contributed by atoms with Crippen molar-refractivity contribution in [3.63, 3.8) is 0 Å². The van der Waals surface area contributed by atoms with Gasteiger partial charge in [0.25, 0.3) is 0 Å². The van der Waals surface area contributed by atoms with E-state index >= 15 is 0 Å². The van der Waals surface area contributed by atoms with E-state index in [1.807, 2.05) is 0 Å². The highest BCUT2D eigenvalue weighted by atomic mass is 15.1. The Bertz CT molecular complexity index is 3300. The number of hydrogen-bond acceptors (Lipinski definition) is 1. The van der Waals surface area contributed by atoms with Crippen molar-refractivity contribution in [3.8, 4) is 61.3 Å². The Morgan fingerprint density at radius 1 is 0.258 bits per heavy atom. The fourth-order valence-electron chi connectivity index (χ4n) is 9.06. The van der Waals surface area contributed by atoms with Crippen LogP contribution in [0.2, 0.25) is 0 Å². The molecule has 62 heavy (non-hydrogen) atoms. The third-order valence-corrected chi connectivity index (χ3v) is 12.0. The third-order valence-electron chi connectivity index (χ3n) is 12.0. The monoisotopic (exact) mass is 790 g/mol. The highest BCUT2D eigenvalue weighted by Crippen LogP contribution is 2.43. The summed E-state index contributed by atoms with van der Waals surface area (Å²) in [5.74, 6) is 0. The van der Waals surface area contributed by atoms with Crippen molar-refractivity contribution in [2.75, 3.05) is 4.90 Å². The van der Waals surface area contributed by atoms with Gasteiger partial charge in [-0.3, -0.25) is 0 Å². The number of anilines is 3. The maximum Gasteiger partial charge on any atom is 0.0547 e. The SMILES string of the molecule is c1ccc(-c2ccc(N(c3ccc(-c4cccc(-c5cccc6c5c5ccccc5n6-c5ccccc5)c4)cc3)c3ccc(-c4ccccc4)c(-c4ccccc4)c3)cc2)cc1. The van der Waals surface area contributed by atoms with E-state index in [9.17, 15) is 0 Å². The summed E-state index contributed by atoms with van der Waals surface area (Å²) in [6.07, 6.45) is 0. The maximum atomic E-state index is 2.38. The van der Waals surface area contributed by atoms with Gasteiger partial charge in [0, 0.05) is 33.5 Å². The largest absolute Gasteiger partial charge is 0.310 e. The van der Waals surface area contributed by atoms with Gasteiger partial charge in [0.2, 0.25) is 0 Å². The first-order valence-corrected chi connectivity index (χ1v) is 21.3. The first kappa shape index (κ1) is 36.8. The Balaban J connectivity index is 1.00. The number of para-hydroxylation sites is 2. The number of rotatable bonds is 9. The van der Waals surface area contributed by atoms with E-state index in [1.54, 1.807) is 0 Å². The Labute approximate surface area is 362 Å². The molecular formula is C60H42N2. The molecule has 2 heteroatoms. The molecule has 0 fully saturated rings. The summed E-state index contributed by atoms with van der Waals surface area (Å²) < 4.78 is 2.38. The van der Waals surface area contributed by atoms with Crippen molar-refractivity contribution < 1.29 is 0 Å². The summed E-state index contributed by atoms with van der Waals surface area (Å²) >= 11 is 0. The Morgan fingerprint density at radius 3 is 1.39 bits per heavy atom. The molecule has 10 aromatic carbocycles. The fraction of sp³-hybridized carbons (Fsp3) is 0. The van der Waals surface area contributed by atoms with Crippen molar-refractivity contribution in [1.29, 1.82) is 0 Å². The van der Waals surface area contributed by atoms with Gasteiger partial charge in [-0.15, -0.1) is 0 Å². The molecule has 0 aliphatic heterocycles. The van der Waals surface area contributed by atoms with Crippen LogP contribution in [-0.4, -0.2) is 4.57 Å². The smallest absolute Gasteiger partial charge is 0.0547 e.